The Balaban J connectivity index is 2.19. The lowest BCUT2D eigenvalue weighted by atomic mass is 10.3. The Labute approximate surface area is 111 Å². The minimum atomic E-state index is 0.240. The molecular weight excluding hydrogens is 260 g/mol. The quantitative estimate of drug-likeness (QED) is 0.445. The van der Waals surface area contributed by atoms with Gasteiger partial charge in [0.1, 0.15) is 6.61 Å². The summed E-state index contributed by atoms with van der Waals surface area (Å²) in [5, 5.41) is 6.59. The second-order valence-electron chi connectivity index (χ2n) is 2.86. The van der Waals surface area contributed by atoms with Crippen LogP contribution in [0.5, 0.6) is 0 Å². The molecule has 0 amide bonds. The third-order valence-corrected chi connectivity index (χ3v) is 2.14. The maximum atomic E-state index is 5.09. The second-order valence-corrected chi connectivity index (χ2v) is 4.35. The van der Waals surface area contributed by atoms with E-state index in [-0.39, 0.29) is 4.38 Å². The van der Waals surface area contributed by atoms with Gasteiger partial charge in [0.25, 0.3) is 0 Å². The molecule has 0 radical (unpaired) electrons. The first kappa shape index (κ1) is 13.2. The van der Waals surface area contributed by atoms with Crippen LogP contribution in [0, 0.1) is 0 Å². The Morgan fingerprint density at radius 1 is 1.25 bits per heavy atom. The van der Waals surface area contributed by atoms with Crippen LogP contribution in [0.15, 0.2) is 30.3 Å². The van der Waals surface area contributed by atoms with Gasteiger partial charge in [0, 0.05) is 5.69 Å². The van der Waals surface area contributed by atoms with Crippen molar-refractivity contribution in [2.24, 2.45) is 0 Å². The Bertz CT molecular complexity index is 356. The van der Waals surface area contributed by atoms with Crippen molar-refractivity contribution in [3.63, 3.8) is 0 Å². The highest BCUT2D eigenvalue weighted by Crippen LogP contribution is 2.03. The van der Waals surface area contributed by atoms with Crippen molar-refractivity contribution in [1.82, 2.24) is 5.32 Å². The van der Waals surface area contributed by atoms with Gasteiger partial charge in [0.05, 0.1) is 6.54 Å². The van der Waals surface area contributed by atoms with Crippen LogP contribution in [0.25, 0.3) is 0 Å². The van der Waals surface area contributed by atoms with Gasteiger partial charge >= 0.3 is 0 Å². The number of anilines is 1. The van der Waals surface area contributed by atoms with Crippen molar-refractivity contribution >= 4 is 52.2 Å². The number of ether oxygens (including phenoxy) is 1. The monoisotopic (exact) mass is 272 g/mol. The van der Waals surface area contributed by atoms with Crippen molar-refractivity contribution in [1.29, 1.82) is 0 Å². The van der Waals surface area contributed by atoms with E-state index in [0.717, 1.165) is 5.69 Å². The van der Waals surface area contributed by atoms with E-state index < -0.39 is 0 Å². The maximum Gasteiger partial charge on any atom is 0.216 e. The molecule has 0 bridgehead atoms. The van der Waals surface area contributed by atoms with Gasteiger partial charge in [0.15, 0.2) is 5.11 Å². The van der Waals surface area contributed by atoms with Gasteiger partial charge in [-0.3, -0.25) is 0 Å². The maximum absolute atomic E-state index is 5.09. The lowest BCUT2D eigenvalue weighted by molar-refractivity contribution is 0.328. The molecule has 0 saturated heterocycles. The Morgan fingerprint density at radius 2 is 1.94 bits per heavy atom. The molecule has 1 aromatic carbocycles. The summed E-state index contributed by atoms with van der Waals surface area (Å²) in [4.78, 5) is 0. The van der Waals surface area contributed by atoms with E-state index in [9.17, 15) is 0 Å². The zero-order valence-corrected chi connectivity index (χ0v) is 11.0. The Morgan fingerprint density at radius 3 is 2.56 bits per heavy atom. The molecule has 0 spiro atoms. The first-order valence-electron chi connectivity index (χ1n) is 4.64. The number of benzene rings is 1. The number of thiol groups is 1. The number of thiocarbonyl (C=S) groups is 2. The zero-order chi connectivity index (χ0) is 11.8. The standard InChI is InChI=1S/C10H12N2OS3/c14-9(11-6-7-13-10(15)16)12-8-4-2-1-3-5-8/h1-5H,6-7H2,(H,15,16)(H2,11,12,14). The first-order valence-corrected chi connectivity index (χ1v) is 5.90. The number of rotatable bonds is 4. The summed E-state index contributed by atoms with van der Waals surface area (Å²) in [6.45, 7) is 1.03. The van der Waals surface area contributed by atoms with Gasteiger partial charge < -0.3 is 15.4 Å². The van der Waals surface area contributed by atoms with Crippen LogP contribution in [-0.2, 0) is 4.74 Å². The molecule has 0 unspecified atom stereocenters. The van der Waals surface area contributed by atoms with Gasteiger partial charge in [-0.15, -0.1) is 0 Å². The SMILES string of the molecule is S=C(NCCOC(=S)S)Nc1ccccc1. The molecule has 0 aromatic heterocycles. The Kier molecular flexibility index (Phi) is 6.14. The van der Waals surface area contributed by atoms with Crippen LogP contribution in [0.1, 0.15) is 0 Å². The molecule has 1 aromatic rings. The summed E-state index contributed by atoms with van der Waals surface area (Å²) < 4.78 is 5.23. The number of para-hydroxylation sites is 1. The van der Waals surface area contributed by atoms with Gasteiger partial charge in [-0.1, -0.05) is 30.8 Å². The van der Waals surface area contributed by atoms with E-state index >= 15 is 0 Å². The minimum absolute atomic E-state index is 0.240. The Hall–Kier alpha value is -0.850. The molecule has 0 aliphatic rings. The summed E-state index contributed by atoms with van der Waals surface area (Å²) in [6.07, 6.45) is 0. The highest BCUT2D eigenvalue weighted by atomic mass is 32.1. The molecule has 0 aliphatic carbocycles. The van der Waals surface area contributed by atoms with Crippen LogP contribution >= 0.6 is 37.1 Å². The fourth-order valence-corrected chi connectivity index (χ4v) is 1.39. The van der Waals surface area contributed by atoms with Crippen LogP contribution in [0.3, 0.4) is 0 Å². The van der Waals surface area contributed by atoms with Gasteiger partial charge in [0.2, 0.25) is 4.38 Å². The van der Waals surface area contributed by atoms with E-state index in [0.29, 0.717) is 18.3 Å². The smallest absolute Gasteiger partial charge is 0.216 e. The van der Waals surface area contributed by atoms with Crippen molar-refractivity contribution in [3.8, 4) is 0 Å². The van der Waals surface area contributed by atoms with E-state index in [1.54, 1.807) is 0 Å². The highest BCUT2D eigenvalue weighted by Gasteiger charge is 1.96. The summed E-state index contributed by atoms with van der Waals surface area (Å²) in [5.74, 6) is 0. The lowest BCUT2D eigenvalue weighted by Gasteiger charge is -2.10. The van der Waals surface area contributed by atoms with Gasteiger partial charge in [-0.05, 0) is 36.6 Å². The van der Waals surface area contributed by atoms with Crippen LogP contribution < -0.4 is 10.6 Å². The third kappa shape index (κ3) is 5.89. The molecule has 2 N–H and O–H groups in total. The third-order valence-electron chi connectivity index (χ3n) is 1.64. The molecule has 86 valence electrons. The largest absolute Gasteiger partial charge is 0.477 e. The number of hydrogen-bond acceptors (Lipinski definition) is 3. The van der Waals surface area contributed by atoms with Crippen molar-refractivity contribution in [2.45, 2.75) is 0 Å². The van der Waals surface area contributed by atoms with Crippen molar-refractivity contribution in [2.75, 3.05) is 18.5 Å². The predicted octanol–water partition coefficient (Wildman–Crippen LogP) is 2.20. The summed E-state index contributed by atoms with van der Waals surface area (Å²) in [6, 6.07) is 9.70. The summed E-state index contributed by atoms with van der Waals surface area (Å²) in [7, 11) is 0. The van der Waals surface area contributed by atoms with Crippen molar-refractivity contribution in [3.05, 3.63) is 30.3 Å². The van der Waals surface area contributed by atoms with Crippen LogP contribution in [-0.4, -0.2) is 22.6 Å². The van der Waals surface area contributed by atoms with E-state index in [1.807, 2.05) is 30.3 Å². The normalized spacial score (nSPS) is 9.31. The van der Waals surface area contributed by atoms with Crippen LogP contribution in [0.2, 0.25) is 0 Å². The molecule has 3 nitrogen and oxygen atoms in total. The van der Waals surface area contributed by atoms with E-state index in [1.165, 1.54) is 0 Å². The lowest BCUT2D eigenvalue weighted by Crippen LogP contribution is -2.31. The molecule has 0 fully saturated rings. The molecule has 16 heavy (non-hydrogen) atoms. The van der Waals surface area contributed by atoms with Gasteiger partial charge in [-0.2, -0.15) is 0 Å². The molecule has 6 heteroatoms. The molecule has 1 rings (SSSR count). The first-order chi connectivity index (χ1) is 7.68. The molecular formula is C10H12N2OS3. The second kappa shape index (κ2) is 7.43. The fraction of sp³-hybridized carbons (Fsp3) is 0.200. The number of nitrogens with one attached hydrogen (secondary N) is 2. The minimum Gasteiger partial charge on any atom is -0.477 e. The fourth-order valence-electron chi connectivity index (χ4n) is 1.000. The molecule has 0 aliphatic heterocycles. The topological polar surface area (TPSA) is 33.3 Å². The molecule has 0 heterocycles. The summed E-state index contributed by atoms with van der Waals surface area (Å²) >= 11 is 13.6. The van der Waals surface area contributed by atoms with Gasteiger partial charge in [-0.25, -0.2) is 0 Å². The van der Waals surface area contributed by atoms with Crippen LogP contribution in [0.4, 0.5) is 5.69 Å². The zero-order valence-electron chi connectivity index (χ0n) is 8.47. The highest BCUT2D eigenvalue weighted by molar-refractivity contribution is 8.10. The average molecular weight is 272 g/mol. The van der Waals surface area contributed by atoms with Crippen molar-refractivity contribution < 1.29 is 4.74 Å². The number of hydrogen-bond donors (Lipinski definition) is 3. The van der Waals surface area contributed by atoms with E-state index in [4.69, 9.17) is 17.0 Å². The molecule has 0 atom stereocenters. The predicted molar refractivity (Wildman–Crippen MR) is 78.2 cm³/mol. The summed E-state index contributed by atoms with van der Waals surface area (Å²) in [5.41, 5.74) is 0.950. The molecule has 0 saturated carbocycles. The average Bonchev–Trinajstić information content (AvgIpc) is 2.25. The van der Waals surface area contributed by atoms with E-state index in [2.05, 4.69) is 35.5 Å².